The monoisotopic (exact) mass is 280 g/mol. The normalized spacial score (nSPS) is 35.2. The predicted molar refractivity (Wildman–Crippen MR) is 78.4 cm³/mol. The Morgan fingerprint density at radius 3 is 2.30 bits per heavy atom. The molecule has 2 aliphatic heterocycles. The summed E-state index contributed by atoms with van der Waals surface area (Å²) in [7, 11) is 1.99. The average molecular weight is 280 g/mol. The van der Waals surface area contributed by atoms with Crippen molar-refractivity contribution >= 4 is 5.91 Å². The van der Waals surface area contributed by atoms with Crippen LogP contribution in [0.3, 0.4) is 0 Å². The van der Waals surface area contributed by atoms with Gasteiger partial charge in [-0.05, 0) is 38.5 Å². The summed E-state index contributed by atoms with van der Waals surface area (Å²) in [5.41, 5.74) is 0. The van der Waals surface area contributed by atoms with Crippen molar-refractivity contribution in [3.05, 3.63) is 0 Å². The zero-order chi connectivity index (χ0) is 14.1. The van der Waals surface area contributed by atoms with E-state index in [0.717, 1.165) is 25.7 Å². The van der Waals surface area contributed by atoms with E-state index in [2.05, 4.69) is 4.90 Å². The Morgan fingerprint density at radius 1 is 1.10 bits per heavy atom. The quantitative estimate of drug-likeness (QED) is 0.857. The third-order valence-electron chi connectivity index (χ3n) is 5.69. The summed E-state index contributed by atoms with van der Waals surface area (Å²) in [5.74, 6) is 0.283. The van der Waals surface area contributed by atoms with Crippen LogP contribution in [0, 0.1) is 0 Å². The highest BCUT2D eigenvalue weighted by Gasteiger charge is 2.41. The van der Waals surface area contributed by atoms with Crippen molar-refractivity contribution in [2.75, 3.05) is 13.6 Å². The van der Waals surface area contributed by atoms with Gasteiger partial charge in [0.2, 0.25) is 5.91 Å². The number of carbonyl (C=O) groups is 1. The Morgan fingerprint density at radius 2 is 1.70 bits per heavy atom. The zero-order valence-electron chi connectivity index (χ0n) is 12.6. The molecule has 2 bridgehead atoms. The van der Waals surface area contributed by atoms with Gasteiger partial charge in [-0.1, -0.05) is 19.3 Å². The van der Waals surface area contributed by atoms with Crippen LogP contribution in [0.1, 0.15) is 57.8 Å². The van der Waals surface area contributed by atoms with E-state index in [1.54, 1.807) is 0 Å². The number of hydrogen-bond donors (Lipinski definition) is 1. The lowest BCUT2D eigenvalue weighted by Crippen LogP contribution is -2.51. The molecule has 0 spiro atoms. The fourth-order valence-corrected chi connectivity index (χ4v) is 4.44. The number of hydrogen-bond acceptors (Lipinski definition) is 3. The number of likely N-dealkylation sites (N-methyl/N-ethyl adjacent to an activating group) is 1. The van der Waals surface area contributed by atoms with Crippen LogP contribution in [0.15, 0.2) is 0 Å². The first kappa shape index (κ1) is 14.3. The number of nitrogens with zero attached hydrogens (tertiary/aromatic N) is 2. The second-order valence-electron chi connectivity index (χ2n) is 6.98. The molecule has 3 fully saturated rings. The van der Waals surface area contributed by atoms with Crippen LogP contribution in [-0.2, 0) is 4.79 Å². The van der Waals surface area contributed by atoms with Gasteiger partial charge in [0.05, 0.1) is 12.6 Å². The van der Waals surface area contributed by atoms with Gasteiger partial charge in [0.25, 0.3) is 0 Å². The summed E-state index contributed by atoms with van der Waals surface area (Å²) < 4.78 is 0. The van der Waals surface area contributed by atoms with E-state index in [4.69, 9.17) is 0 Å². The molecule has 0 aromatic heterocycles. The van der Waals surface area contributed by atoms with Crippen LogP contribution >= 0.6 is 0 Å². The summed E-state index contributed by atoms with van der Waals surface area (Å²) in [4.78, 5) is 16.9. The molecule has 114 valence electrons. The van der Waals surface area contributed by atoms with Gasteiger partial charge < -0.3 is 10.0 Å². The summed E-state index contributed by atoms with van der Waals surface area (Å²) in [6, 6.07) is 1.34. The van der Waals surface area contributed by atoms with Gasteiger partial charge in [-0.2, -0.15) is 0 Å². The van der Waals surface area contributed by atoms with Crippen LogP contribution in [-0.4, -0.2) is 58.6 Å². The first-order valence-corrected chi connectivity index (χ1v) is 8.34. The largest absolute Gasteiger partial charge is 0.393 e. The molecule has 0 aromatic carbocycles. The average Bonchev–Trinajstić information content (AvgIpc) is 2.70. The molecule has 2 heterocycles. The van der Waals surface area contributed by atoms with Crippen molar-refractivity contribution < 1.29 is 9.90 Å². The number of fused-ring (bicyclic) bond motifs is 2. The van der Waals surface area contributed by atoms with Crippen LogP contribution in [0.25, 0.3) is 0 Å². The minimum atomic E-state index is -0.144. The summed E-state index contributed by atoms with van der Waals surface area (Å²) in [6.07, 6.45) is 10.1. The van der Waals surface area contributed by atoms with Crippen LogP contribution in [0.4, 0.5) is 0 Å². The lowest BCUT2D eigenvalue weighted by Gasteiger charge is -2.39. The Balaban J connectivity index is 1.56. The van der Waals surface area contributed by atoms with Crippen molar-refractivity contribution in [1.82, 2.24) is 9.80 Å². The van der Waals surface area contributed by atoms with Gasteiger partial charge in [-0.15, -0.1) is 0 Å². The van der Waals surface area contributed by atoms with E-state index in [1.165, 1.54) is 32.1 Å². The highest BCUT2D eigenvalue weighted by atomic mass is 16.3. The van der Waals surface area contributed by atoms with Crippen LogP contribution < -0.4 is 0 Å². The minimum Gasteiger partial charge on any atom is -0.393 e. The molecule has 1 aliphatic carbocycles. The van der Waals surface area contributed by atoms with Gasteiger partial charge >= 0.3 is 0 Å². The molecule has 3 rings (SSSR count). The molecular formula is C16H28N2O2. The first-order valence-electron chi connectivity index (χ1n) is 8.34. The standard InChI is InChI=1S/C16H28N2O2/c1-17(12-5-3-2-4-6-12)16(20)11-18-13-7-8-14(18)10-15(19)9-13/h12-15,19H,2-11H2,1H3. The Labute approximate surface area is 122 Å². The van der Waals surface area contributed by atoms with Gasteiger partial charge in [0.1, 0.15) is 0 Å². The highest BCUT2D eigenvalue weighted by Crippen LogP contribution is 2.35. The van der Waals surface area contributed by atoms with Gasteiger partial charge in [-0.25, -0.2) is 0 Å². The van der Waals surface area contributed by atoms with E-state index < -0.39 is 0 Å². The lowest BCUT2D eigenvalue weighted by molar-refractivity contribution is -0.135. The van der Waals surface area contributed by atoms with Gasteiger partial charge in [-0.3, -0.25) is 9.69 Å². The number of aliphatic hydroxyl groups is 1. The molecule has 1 amide bonds. The maximum atomic E-state index is 12.5. The van der Waals surface area contributed by atoms with Crippen molar-refractivity contribution in [3.8, 4) is 0 Å². The molecule has 2 atom stereocenters. The van der Waals surface area contributed by atoms with Crippen molar-refractivity contribution in [1.29, 1.82) is 0 Å². The molecular weight excluding hydrogens is 252 g/mol. The highest BCUT2D eigenvalue weighted by molar-refractivity contribution is 5.78. The Bertz CT molecular complexity index is 340. The van der Waals surface area contributed by atoms with Crippen LogP contribution in [0.2, 0.25) is 0 Å². The third-order valence-corrected chi connectivity index (χ3v) is 5.69. The van der Waals surface area contributed by atoms with Crippen molar-refractivity contribution in [2.24, 2.45) is 0 Å². The first-order chi connectivity index (χ1) is 9.65. The molecule has 1 saturated carbocycles. The summed E-state index contributed by atoms with van der Waals surface area (Å²) >= 11 is 0. The third kappa shape index (κ3) is 2.86. The molecule has 3 aliphatic rings. The Kier molecular flexibility index (Phi) is 4.32. The number of aliphatic hydroxyl groups excluding tert-OH is 1. The SMILES string of the molecule is CN(C(=O)CN1C2CCC1CC(O)C2)C1CCCCC1. The van der Waals surface area contributed by atoms with E-state index in [0.29, 0.717) is 24.7 Å². The number of carbonyl (C=O) groups excluding carboxylic acids is 1. The number of amides is 1. The van der Waals surface area contributed by atoms with Crippen LogP contribution in [0.5, 0.6) is 0 Å². The second kappa shape index (κ2) is 6.02. The molecule has 20 heavy (non-hydrogen) atoms. The maximum Gasteiger partial charge on any atom is 0.236 e. The molecule has 1 N–H and O–H groups in total. The smallest absolute Gasteiger partial charge is 0.236 e. The molecule has 0 aromatic rings. The molecule has 0 radical (unpaired) electrons. The fourth-order valence-electron chi connectivity index (χ4n) is 4.44. The summed E-state index contributed by atoms with van der Waals surface area (Å²) in [5, 5.41) is 9.83. The molecule has 4 heteroatoms. The minimum absolute atomic E-state index is 0.144. The number of rotatable bonds is 3. The zero-order valence-corrected chi connectivity index (χ0v) is 12.6. The maximum absolute atomic E-state index is 12.5. The van der Waals surface area contributed by atoms with Gasteiger partial charge in [0, 0.05) is 25.2 Å². The van der Waals surface area contributed by atoms with Gasteiger partial charge in [0.15, 0.2) is 0 Å². The predicted octanol–water partition coefficient (Wildman–Crippen LogP) is 1.77. The molecule has 4 nitrogen and oxygen atoms in total. The fraction of sp³-hybridized carbons (Fsp3) is 0.938. The van der Waals surface area contributed by atoms with E-state index >= 15 is 0 Å². The second-order valence-corrected chi connectivity index (χ2v) is 6.98. The molecule has 2 saturated heterocycles. The van der Waals surface area contributed by atoms with E-state index in [1.807, 2.05) is 11.9 Å². The lowest BCUT2D eigenvalue weighted by atomic mass is 9.94. The van der Waals surface area contributed by atoms with E-state index in [9.17, 15) is 9.90 Å². The molecule has 2 unspecified atom stereocenters. The van der Waals surface area contributed by atoms with Crippen molar-refractivity contribution in [2.45, 2.75) is 82.0 Å². The van der Waals surface area contributed by atoms with Crippen molar-refractivity contribution in [3.63, 3.8) is 0 Å². The number of piperidine rings is 1. The Hall–Kier alpha value is -0.610. The topological polar surface area (TPSA) is 43.8 Å². The van der Waals surface area contributed by atoms with E-state index in [-0.39, 0.29) is 12.0 Å². The summed E-state index contributed by atoms with van der Waals surface area (Å²) in [6.45, 7) is 0.565.